The Kier molecular flexibility index (Phi) is 7.71. The van der Waals surface area contributed by atoms with Crippen LogP contribution in [0.15, 0.2) is 30.3 Å². The highest BCUT2D eigenvalue weighted by Crippen LogP contribution is 2.12. The van der Waals surface area contributed by atoms with Crippen LogP contribution in [0.1, 0.15) is 26.2 Å². The van der Waals surface area contributed by atoms with E-state index in [1.54, 1.807) is 24.3 Å². The van der Waals surface area contributed by atoms with Gasteiger partial charge in [0.1, 0.15) is 0 Å². The van der Waals surface area contributed by atoms with Gasteiger partial charge in [-0.25, -0.2) is 9.59 Å². The van der Waals surface area contributed by atoms with Gasteiger partial charge in [0.25, 0.3) is 0 Å². The number of alkyl carbamates (subject to hydrolysis) is 1. The largest absolute Gasteiger partial charge is 0.465 e. The molecule has 0 bridgehead atoms. The van der Waals surface area contributed by atoms with E-state index in [1.165, 1.54) is 4.90 Å². The first-order valence-electron chi connectivity index (χ1n) is 7.11. The zero-order valence-electron chi connectivity index (χ0n) is 12.2. The van der Waals surface area contributed by atoms with Crippen molar-refractivity contribution in [2.24, 2.45) is 0 Å². The third-order valence-corrected chi connectivity index (χ3v) is 2.88. The number of anilines is 1. The average molecular weight is 294 g/mol. The van der Waals surface area contributed by atoms with Gasteiger partial charge >= 0.3 is 12.2 Å². The van der Waals surface area contributed by atoms with E-state index in [0.29, 0.717) is 12.3 Å². The highest BCUT2D eigenvalue weighted by molar-refractivity contribution is 5.86. The number of hydrogen-bond donors (Lipinski definition) is 2. The minimum Gasteiger partial charge on any atom is -0.465 e. The van der Waals surface area contributed by atoms with Gasteiger partial charge in [-0.05, 0) is 18.6 Å². The smallest absolute Gasteiger partial charge is 0.411 e. The first-order chi connectivity index (χ1) is 10.1. The summed E-state index contributed by atoms with van der Waals surface area (Å²) in [6, 6.07) is 8.76. The molecule has 116 valence electrons. The third-order valence-electron chi connectivity index (χ3n) is 2.88. The Morgan fingerprint density at radius 1 is 1.24 bits per heavy atom. The van der Waals surface area contributed by atoms with Crippen LogP contribution >= 0.6 is 0 Å². The van der Waals surface area contributed by atoms with Crippen molar-refractivity contribution < 1.29 is 19.4 Å². The molecule has 21 heavy (non-hydrogen) atoms. The highest BCUT2D eigenvalue weighted by Gasteiger charge is 2.13. The van der Waals surface area contributed by atoms with E-state index in [4.69, 9.17) is 4.74 Å². The second-order valence-corrected chi connectivity index (χ2v) is 4.54. The summed E-state index contributed by atoms with van der Waals surface area (Å²) in [7, 11) is 0. The standard InChI is InChI=1S/C15H22N2O4/c1-2-3-7-12-21-14(18)16-10-11-17(15(19)20)13-8-5-4-6-9-13/h4-6,8-9H,2-3,7,10-12H2,1H3,(H,16,18)(H,19,20). The molecule has 6 heteroatoms. The van der Waals surface area contributed by atoms with Gasteiger partial charge in [0.15, 0.2) is 0 Å². The molecule has 0 atom stereocenters. The maximum absolute atomic E-state index is 11.4. The predicted molar refractivity (Wildman–Crippen MR) is 80.7 cm³/mol. The molecule has 1 aromatic rings. The van der Waals surface area contributed by atoms with Crippen molar-refractivity contribution in [3.05, 3.63) is 30.3 Å². The number of nitrogens with zero attached hydrogens (tertiary/aromatic N) is 1. The van der Waals surface area contributed by atoms with Gasteiger partial charge in [-0.1, -0.05) is 38.0 Å². The minimum absolute atomic E-state index is 0.170. The van der Waals surface area contributed by atoms with Crippen molar-refractivity contribution in [1.29, 1.82) is 0 Å². The molecule has 6 nitrogen and oxygen atoms in total. The lowest BCUT2D eigenvalue weighted by atomic mass is 10.3. The molecular formula is C15H22N2O4. The Bertz CT molecular complexity index is 437. The van der Waals surface area contributed by atoms with Crippen molar-refractivity contribution in [3.63, 3.8) is 0 Å². The molecule has 2 N–H and O–H groups in total. The molecule has 0 aliphatic heterocycles. The molecule has 0 aliphatic carbocycles. The van der Waals surface area contributed by atoms with Gasteiger partial charge in [-0.15, -0.1) is 0 Å². The monoisotopic (exact) mass is 294 g/mol. The van der Waals surface area contributed by atoms with Crippen LogP contribution in [-0.2, 0) is 4.74 Å². The molecule has 0 saturated heterocycles. The van der Waals surface area contributed by atoms with Crippen LogP contribution in [0, 0.1) is 0 Å². The minimum atomic E-state index is -1.06. The van der Waals surface area contributed by atoms with Crippen LogP contribution < -0.4 is 10.2 Å². The quantitative estimate of drug-likeness (QED) is 0.722. The van der Waals surface area contributed by atoms with Crippen molar-refractivity contribution in [3.8, 4) is 0 Å². The van der Waals surface area contributed by atoms with E-state index in [2.05, 4.69) is 12.2 Å². The Labute approximate surface area is 124 Å². The number of para-hydroxylation sites is 1. The number of nitrogens with one attached hydrogen (secondary N) is 1. The average Bonchev–Trinajstić information content (AvgIpc) is 2.48. The molecule has 0 aromatic heterocycles. The summed E-state index contributed by atoms with van der Waals surface area (Å²) < 4.78 is 4.98. The lowest BCUT2D eigenvalue weighted by molar-refractivity contribution is 0.144. The summed E-state index contributed by atoms with van der Waals surface area (Å²) in [4.78, 5) is 23.8. The normalized spacial score (nSPS) is 9.95. The molecule has 1 rings (SSSR count). The summed E-state index contributed by atoms with van der Waals surface area (Å²) >= 11 is 0. The number of unbranched alkanes of at least 4 members (excludes halogenated alkanes) is 2. The first-order valence-corrected chi connectivity index (χ1v) is 7.11. The van der Waals surface area contributed by atoms with Gasteiger partial charge < -0.3 is 15.2 Å². The summed E-state index contributed by atoms with van der Waals surface area (Å²) in [6.07, 6.45) is 1.36. The zero-order valence-corrected chi connectivity index (χ0v) is 12.2. The van der Waals surface area contributed by atoms with Crippen LogP contribution in [0.5, 0.6) is 0 Å². The second-order valence-electron chi connectivity index (χ2n) is 4.54. The number of ether oxygens (including phenoxy) is 1. The fraction of sp³-hybridized carbons (Fsp3) is 0.467. The van der Waals surface area contributed by atoms with Crippen LogP contribution in [0.25, 0.3) is 0 Å². The van der Waals surface area contributed by atoms with Gasteiger partial charge in [-0.2, -0.15) is 0 Å². The van der Waals surface area contributed by atoms with Crippen molar-refractivity contribution in [2.45, 2.75) is 26.2 Å². The number of rotatable bonds is 8. The molecule has 1 aromatic carbocycles. The molecule has 0 heterocycles. The van der Waals surface area contributed by atoms with E-state index in [9.17, 15) is 14.7 Å². The number of carbonyl (C=O) groups is 2. The zero-order chi connectivity index (χ0) is 15.5. The SMILES string of the molecule is CCCCCOC(=O)NCCN(C(=O)O)c1ccccc1. The summed E-state index contributed by atoms with van der Waals surface area (Å²) in [5.74, 6) is 0. The Balaban J connectivity index is 2.31. The van der Waals surface area contributed by atoms with Gasteiger partial charge in [0, 0.05) is 18.8 Å². The summed E-state index contributed by atoms with van der Waals surface area (Å²) in [5, 5.41) is 11.7. The number of carboxylic acid groups (broad SMARTS) is 1. The Morgan fingerprint density at radius 2 is 1.95 bits per heavy atom. The van der Waals surface area contributed by atoms with Gasteiger partial charge in [0.2, 0.25) is 0 Å². The van der Waals surface area contributed by atoms with Crippen LogP contribution in [0.3, 0.4) is 0 Å². The predicted octanol–water partition coefficient (Wildman–Crippen LogP) is 3.09. The van der Waals surface area contributed by atoms with E-state index in [0.717, 1.165) is 19.3 Å². The fourth-order valence-corrected chi connectivity index (χ4v) is 1.78. The number of carbonyl (C=O) groups excluding carboxylic acids is 1. The van der Waals surface area contributed by atoms with Gasteiger partial charge in [-0.3, -0.25) is 4.90 Å². The molecule has 0 saturated carbocycles. The van der Waals surface area contributed by atoms with Crippen LogP contribution in [0.4, 0.5) is 15.3 Å². The lowest BCUT2D eigenvalue weighted by Crippen LogP contribution is -2.38. The Hall–Kier alpha value is -2.24. The maximum Gasteiger partial charge on any atom is 0.411 e. The maximum atomic E-state index is 11.4. The Morgan fingerprint density at radius 3 is 2.57 bits per heavy atom. The van der Waals surface area contributed by atoms with Crippen molar-refractivity contribution in [1.82, 2.24) is 5.32 Å². The van der Waals surface area contributed by atoms with E-state index >= 15 is 0 Å². The number of benzene rings is 1. The van der Waals surface area contributed by atoms with E-state index in [-0.39, 0.29) is 13.1 Å². The molecule has 0 fully saturated rings. The number of hydrogen-bond acceptors (Lipinski definition) is 3. The fourth-order valence-electron chi connectivity index (χ4n) is 1.78. The molecule has 2 amide bonds. The highest BCUT2D eigenvalue weighted by atomic mass is 16.5. The summed E-state index contributed by atoms with van der Waals surface area (Å²) in [6.45, 7) is 2.84. The van der Waals surface area contributed by atoms with Gasteiger partial charge in [0.05, 0.1) is 6.61 Å². The second kappa shape index (κ2) is 9.63. The van der Waals surface area contributed by atoms with Crippen LogP contribution in [0.2, 0.25) is 0 Å². The molecule has 0 unspecified atom stereocenters. The third kappa shape index (κ3) is 6.65. The molecular weight excluding hydrogens is 272 g/mol. The first kappa shape index (κ1) is 16.8. The summed E-state index contributed by atoms with van der Waals surface area (Å²) in [5.41, 5.74) is 0.572. The molecule has 0 spiro atoms. The van der Waals surface area contributed by atoms with E-state index in [1.807, 2.05) is 6.07 Å². The molecule has 0 radical (unpaired) electrons. The topological polar surface area (TPSA) is 78.9 Å². The van der Waals surface area contributed by atoms with Crippen molar-refractivity contribution in [2.75, 3.05) is 24.6 Å². The van der Waals surface area contributed by atoms with Crippen molar-refractivity contribution >= 4 is 17.9 Å². The number of amides is 2. The van der Waals surface area contributed by atoms with Crippen LogP contribution in [-0.4, -0.2) is 37.0 Å². The van der Waals surface area contributed by atoms with E-state index < -0.39 is 12.2 Å². The lowest BCUT2D eigenvalue weighted by Gasteiger charge is -2.19. The molecule has 0 aliphatic rings.